The van der Waals surface area contributed by atoms with E-state index in [-0.39, 0.29) is 17.4 Å². The van der Waals surface area contributed by atoms with Crippen LogP contribution in [0.5, 0.6) is 6.01 Å². The largest absolute Gasteiger partial charge is 0.464 e. The lowest BCUT2D eigenvalue weighted by Gasteiger charge is -2.19. The average Bonchev–Trinajstić information content (AvgIpc) is 2.38. The van der Waals surface area contributed by atoms with Gasteiger partial charge >= 0.3 is 6.01 Å². The Kier molecular flexibility index (Phi) is 4.26. The van der Waals surface area contributed by atoms with Gasteiger partial charge in [0.2, 0.25) is 11.9 Å². The molecule has 0 aliphatic rings. The Morgan fingerprint density at radius 1 is 1.10 bits per heavy atom. The molecule has 112 valence electrons. The predicted molar refractivity (Wildman–Crippen MR) is 83.8 cm³/mol. The van der Waals surface area contributed by atoms with Gasteiger partial charge in [0.15, 0.2) is 0 Å². The average molecular weight is 287 g/mol. The Labute approximate surface area is 124 Å². The normalized spacial score (nSPS) is 11.2. The standard InChI is InChI=1S/C15H21N5O/c1-5-21-14-19-12(16)18-13(20-14)17-11-8-6-10(7-9-11)15(2,3)4/h6-9H,5H2,1-4H3,(H3,16,17,18,19,20). The fourth-order valence-electron chi connectivity index (χ4n) is 1.80. The summed E-state index contributed by atoms with van der Waals surface area (Å²) in [6, 6.07) is 8.35. The molecule has 0 bridgehead atoms. The SMILES string of the molecule is CCOc1nc(N)nc(Nc2ccc(C(C)(C)C)cc2)n1. The van der Waals surface area contributed by atoms with Crippen LogP contribution in [0, 0.1) is 0 Å². The number of nitrogen functional groups attached to an aromatic ring is 1. The molecule has 0 aliphatic heterocycles. The fraction of sp³-hybridized carbons (Fsp3) is 0.400. The molecule has 21 heavy (non-hydrogen) atoms. The van der Waals surface area contributed by atoms with E-state index in [4.69, 9.17) is 10.5 Å². The van der Waals surface area contributed by atoms with Crippen LogP contribution in [-0.2, 0) is 5.41 Å². The first-order chi connectivity index (χ1) is 9.88. The van der Waals surface area contributed by atoms with Gasteiger partial charge in [-0.3, -0.25) is 0 Å². The Morgan fingerprint density at radius 3 is 2.33 bits per heavy atom. The van der Waals surface area contributed by atoms with Crippen LogP contribution in [-0.4, -0.2) is 21.6 Å². The number of benzene rings is 1. The number of hydrogen-bond donors (Lipinski definition) is 2. The minimum absolute atomic E-state index is 0.123. The van der Waals surface area contributed by atoms with Crippen LogP contribution in [0.15, 0.2) is 24.3 Å². The molecule has 0 fully saturated rings. The molecule has 0 atom stereocenters. The molecule has 0 unspecified atom stereocenters. The van der Waals surface area contributed by atoms with Crippen molar-refractivity contribution in [2.75, 3.05) is 17.7 Å². The maximum absolute atomic E-state index is 5.64. The summed E-state index contributed by atoms with van der Waals surface area (Å²) in [5.74, 6) is 0.497. The van der Waals surface area contributed by atoms with E-state index in [0.717, 1.165) is 5.69 Å². The zero-order valence-corrected chi connectivity index (χ0v) is 12.8. The second-order valence-corrected chi connectivity index (χ2v) is 5.69. The van der Waals surface area contributed by atoms with Crippen molar-refractivity contribution in [3.63, 3.8) is 0 Å². The third-order valence-corrected chi connectivity index (χ3v) is 2.91. The lowest BCUT2D eigenvalue weighted by Crippen LogP contribution is -2.11. The second-order valence-electron chi connectivity index (χ2n) is 5.69. The van der Waals surface area contributed by atoms with Crippen LogP contribution in [0.4, 0.5) is 17.6 Å². The lowest BCUT2D eigenvalue weighted by atomic mass is 9.87. The van der Waals surface area contributed by atoms with Crippen molar-refractivity contribution in [3.05, 3.63) is 29.8 Å². The maximum Gasteiger partial charge on any atom is 0.323 e. The molecule has 6 nitrogen and oxygen atoms in total. The summed E-state index contributed by atoms with van der Waals surface area (Å²) in [6.07, 6.45) is 0. The Balaban J connectivity index is 2.18. The first-order valence-corrected chi connectivity index (χ1v) is 6.90. The van der Waals surface area contributed by atoms with Gasteiger partial charge in [0.25, 0.3) is 0 Å². The molecule has 0 amide bonds. The topological polar surface area (TPSA) is 86.0 Å². The van der Waals surface area contributed by atoms with Crippen molar-refractivity contribution < 1.29 is 4.74 Å². The molecular weight excluding hydrogens is 266 g/mol. The number of rotatable bonds is 4. The zero-order valence-electron chi connectivity index (χ0n) is 12.8. The Bertz CT molecular complexity index is 604. The van der Waals surface area contributed by atoms with Crippen LogP contribution in [0.1, 0.15) is 33.3 Å². The zero-order chi connectivity index (χ0) is 15.5. The van der Waals surface area contributed by atoms with Crippen molar-refractivity contribution in [1.82, 2.24) is 15.0 Å². The Hall–Kier alpha value is -2.37. The third-order valence-electron chi connectivity index (χ3n) is 2.91. The monoisotopic (exact) mass is 287 g/mol. The van der Waals surface area contributed by atoms with E-state index in [9.17, 15) is 0 Å². The molecule has 0 spiro atoms. The summed E-state index contributed by atoms with van der Waals surface area (Å²) in [4.78, 5) is 12.1. The molecule has 6 heteroatoms. The van der Waals surface area contributed by atoms with Crippen molar-refractivity contribution >= 4 is 17.6 Å². The van der Waals surface area contributed by atoms with Gasteiger partial charge in [-0.15, -0.1) is 0 Å². The van der Waals surface area contributed by atoms with Gasteiger partial charge in [0.1, 0.15) is 0 Å². The number of nitrogens with two attached hydrogens (primary N) is 1. The van der Waals surface area contributed by atoms with E-state index in [1.54, 1.807) is 0 Å². The molecule has 2 rings (SSSR count). The highest BCUT2D eigenvalue weighted by molar-refractivity contribution is 5.55. The van der Waals surface area contributed by atoms with Crippen LogP contribution in [0.3, 0.4) is 0 Å². The van der Waals surface area contributed by atoms with Crippen molar-refractivity contribution in [2.45, 2.75) is 33.1 Å². The van der Waals surface area contributed by atoms with E-state index in [1.165, 1.54) is 5.56 Å². The number of ether oxygens (including phenoxy) is 1. The molecule has 0 saturated carbocycles. The van der Waals surface area contributed by atoms with Crippen molar-refractivity contribution in [1.29, 1.82) is 0 Å². The molecule has 1 aromatic carbocycles. The predicted octanol–water partition coefficient (Wildman–Crippen LogP) is 2.89. The van der Waals surface area contributed by atoms with Gasteiger partial charge in [0, 0.05) is 5.69 Å². The highest BCUT2D eigenvalue weighted by Gasteiger charge is 2.13. The molecule has 1 aromatic heterocycles. The van der Waals surface area contributed by atoms with Gasteiger partial charge in [-0.05, 0) is 30.0 Å². The van der Waals surface area contributed by atoms with Crippen LogP contribution >= 0.6 is 0 Å². The van der Waals surface area contributed by atoms with Crippen molar-refractivity contribution in [3.8, 4) is 6.01 Å². The molecule has 0 radical (unpaired) electrons. The number of hydrogen-bond acceptors (Lipinski definition) is 6. The minimum Gasteiger partial charge on any atom is -0.464 e. The molecule has 0 saturated heterocycles. The van der Waals surface area contributed by atoms with Crippen LogP contribution in [0.25, 0.3) is 0 Å². The number of nitrogens with one attached hydrogen (secondary N) is 1. The van der Waals surface area contributed by atoms with E-state index in [2.05, 4.69) is 53.2 Å². The fourth-order valence-corrected chi connectivity index (χ4v) is 1.80. The van der Waals surface area contributed by atoms with Gasteiger partial charge in [0.05, 0.1) is 6.61 Å². The molecule has 2 aromatic rings. The molecule has 0 aliphatic carbocycles. The number of nitrogens with zero attached hydrogens (tertiary/aromatic N) is 3. The molecular formula is C15H21N5O. The summed E-state index contributed by atoms with van der Waals surface area (Å²) < 4.78 is 5.25. The number of aromatic nitrogens is 3. The maximum atomic E-state index is 5.64. The minimum atomic E-state index is 0.123. The first kappa shape index (κ1) is 15.0. The third kappa shape index (κ3) is 4.05. The smallest absolute Gasteiger partial charge is 0.323 e. The summed E-state index contributed by atoms with van der Waals surface area (Å²) in [7, 11) is 0. The quantitative estimate of drug-likeness (QED) is 0.899. The number of anilines is 3. The second kappa shape index (κ2) is 5.95. The van der Waals surface area contributed by atoms with E-state index in [0.29, 0.717) is 12.6 Å². The lowest BCUT2D eigenvalue weighted by molar-refractivity contribution is 0.312. The highest BCUT2D eigenvalue weighted by atomic mass is 16.5. The van der Waals surface area contributed by atoms with Crippen LogP contribution < -0.4 is 15.8 Å². The van der Waals surface area contributed by atoms with E-state index < -0.39 is 0 Å². The molecule has 3 N–H and O–H groups in total. The van der Waals surface area contributed by atoms with Gasteiger partial charge in [-0.1, -0.05) is 32.9 Å². The first-order valence-electron chi connectivity index (χ1n) is 6.90. The summed E-state index contributed by atoms with van der Waals surface area (Å²) in [5.41, 5.74) is 7.91. The summed E-state index contributed by atoms with van der Waals surface area (Å²) in [5, 5.41) is 3.10. The van der Waals surface area contributed by atoms with Crippen molar-refractivity contribution in [2.24, 2.45) is 0 Å². The van der Waals surface area contributed by atoms with Gasteiger partial charge < -0.3 is 15.8 Å². The summed E-state index contributed by atoms with van der Waals surface area (Å²) in [6.45, 7) is 8.87. The molecule has 1 heterocycles. The van der Waals surface area contributed by atoms with E-state index >= 15 is 0 Å². The Morgan fingerprint density at radius 2 is 1.76 bits per heavy atom. The highest BCUT2D eigenvalue weighted by Crippen LogP contribution is 2.24. The van der Waals surface area contributed by atoms with E-state index in [1.807, 2.05) is 19.1 Å². The van der Waals surface area contributed by atoms with Gasteiger partial charge in [-0.2, -0.15) is 15.0 Å². The van der Waals surface area contributed by atoms with Crippen LogP contribution in [0.2, 0.25) is 0 Å². The van der Waals surface area contributed by atoms with Gasteiger partial charge in [-0.25, -0.2) is 0 Å². The summed E-state index contributed by atoms with van der Waals surface area (Å²) >= 11 is 0.